The molecule has 1 saturated heterocycles. The highest BCUT2D eigenvalue weighted by Crippen LogP contribution is 2.60. The Labute approximate surface area is 230 Å². The van der Waals surface area contributed by atoms with Gasteiger partial charge >= 0.3 is 0 Å². The molecule has 3 fully saturated rings. The second kappa shape index (κ2) is 9.58. The predicted molar refractivity (Wildman–Crippen MR) is 140 cm³/mol. The molecule has 2 bridgehead atoms. The minimum absolute atomic E-state index is 0.0318. The van der Waals surface area contributed by atoms with Crippen LogP contribution >= 0.6 is 43.5 Å². The van der Waals surface area contributed by atoms with Crippen LogP contribution < -0.4 is 4.74 Å². The maximum Gasteiger partial charge on any atom is 0.275 e. The van der Waals surface area contributed by atoms with Gasteiger partial charge in [-0.25, -0.2) is 5.01 Å². The van der Waals surface area contributed by atoms with E-state index in [1.165, 1.54) is 20.1 Å². The van der Waals surface area contributed by atoms with Gasteiger partial charge in [0, 0.05) is 15.2 Å². The zero-order valence-electron chi connectivity index (χ0n) is 19.4. The lowest BCUT2D eigenvalue weighted by Crippen LogP contribution is -2.57. The number of benzene rings is 2. The van der Waals surface area contributed by atoms with Crippen LogP contribution in [0.25, 0.3) is 0 Å². The number of amides is 3. The molecule has 2 aliphatic carbocycles. The third-order valence-electron chi connectivity index (χ3n) is 7.61. The number of hydrogen-bond acceptors (Lipinski definition) is 5. The van der Waals surface area contributed by atoms with Gasteiger partial charge in [0.05, 0.1) is 29.5 Å². The third kappa shape index (κ3) is 3.82. The van der Waals surface area contributed by atoms with E-state index in [0.29, 0.717) is 11.3 Å². The van der Waals surface area contributed by atoms with Gasteiger partial charge in [-0.3, -0.25) is 19.2 Å². The Kier molecular flexibility index (Phi) is 6.76. The Bertz CT molecular complexity index is 1220. The second-order valence-electron chi connectivity index (χ2n) is 9.39. The third-order valence-corrected chi connectivity index (χ3v) is 11.1. The Morgan fingerprint density at radius 2 is 1.56 bits per heavy atom. The summed E-state index contributed by atoms with van der Waals surface area (Å²) in [6.07, 6.45) is 0.755. The summed E-state index contributed by atoms with van der Waals surface area (Å²) in [5.74, 6) is -2.56. The molecule has 1 heterocycles. The molecule has 0 N–H and O–H groups in total. The first-order chi connectivity index (χ1) is 17.2. The molecule has 2 saturated carbocycles. The van der Waals surface area contributed by atoms with Crippen LogP contribution in [-0.4, -0.2) is 56.3 Å². The number of hydrogen-bond donors (Lipinski definition) is 0. The van der Waals surface area contributed by atoms with Crippen LogP contribution in [0.4, 0.5) is 0 Å². The number of imide groups is 1. The molecule has 7 nitrogen and oxygen atoms in total. The highest BCUT2D eigenvalue weighted by molar-refractivity contribution is 9.12. The van der Waals surface area contributed by atoms with Crippen molar-refractivity contribution < 1.29 is 23.9 Å². The summed E-state index contributed by atoms with van der Waals surface area (Å²) in [6, 6.07) is 11.7. The van der Waals surface area contributed by atoms with E-state index in [9.17, 15) is 19.2 Å². The largest absolute Gasteiger partial charge is 0.497 e. The molecule has 0 spiro atoms. The van der Waals surface area contributed by atoms with Gasteiger partial charge in [0.15, 0.2) is 5.78 Å². The first-order valence-electron chi connectivity index (χ1n) is 11.6. The van der Waals surface area contributed by atoms with Crippen molar-refractivity contribution in [1.82, 2.24) is 10.0 Å². The molecule has 7 atom stereocenters. The van der Waals surface area contributed by atoms with Gasteiger partial charge in [-0.05, 0) is 61.6 Å². The van der Waals surface area contributed by atoms with Gasteiger partial charge in [0.2, 0.25) is 0 Å². The minimum Gasteiger partial charge on any atom is -0.497 e. The van der Waals surface area contributed by atoms with Crippen LogP contribution in [0.5, 0.6) is 5.75 Å². The number of ketones is 1. The summed E-state index contributed by atoms with van der Waals surface area (Å²) >= 11 is 13.7. The van der Waals surface area contributed by atoms with E-state index in [4.69, 9.17) is 16.3 Å². The number of rotatable bonds is 6. The molecule has 36 heavy (non-hydrogen) atoms. The van der Waals surface area contributed by atoms with Crippen molar-refractivity contribution in [2.24, 2.45) is 23.7 Å². The summed E-state index contributed by atoms with van der Waals surface area (Å²) in [4.78, 5) is 55.0. The van der Waals surface area contributed by atoms with Crippen LogP contribution in [0.15, 0.2) is 48.5 Å². The molecule has 10 heteroatoms. The molecule has 3 aliphatic rings. The first kappa shape index (κ1) is 25.4. The van der Waals surface area contributed by atoms with Crippen molar-refractivity contribution in [3.8, 4) is 5.75 Å². The average molecular weight is 639 g/mol. The van der Waals surface area contributed by atoms with E-state index in [2.05, 4.69) is 31.9 Å². The molecule has 0 aromatic heterocycles. The number of halogens is 3. The quantitative estimate of drug-likeness (QED) is 0.259. The summed E-state index contributed by atoms with van der Waals surface area (Å²) in [7, 11) is 1.52. The van der Waals surface area contributed by atoms with E-state index >= 15 is 0 Å². The Morgan fingerprint density at radius 3 is 2.08 bits per heavy atom. The minimum atomic E-state index is -1.15. The fraction of sp³-hybridized carbons (Fsp3) is 0.385. The smallest absolute Gasteiger partial charge is 0.275 e. The van der Waals surface area contributed by atoms with Gasteiger partial charge in [-0.2, -0.15) is 5.01 Å². The number of alkyl halides is 2. The Balaban J connectivity index is 1.55. The summed E-state index contributed by atoms with van der Waals surface area (Å²) in [5, 5.41) is 2.08. The van der Waals surface area contributed by atoms with E-state index in [-0.39, 0.29) is 32.1 Å². The molecule has 2 aromatic rings. The highest BCUT2D eigenvalue weighted by Gasteiger charge is 2.68. The molecule has 1 aliphatic heterocycles. The van der Waals surface area contributed by atoms with Crippen molar-refractivity contribution in [3.63, 3.8) is 0 Å². The van der Waals surface area contributed by atoms with E-state index < -0.39 is 41.4 Å². The van der Waals surface area contributed by atoms with Gasteiger partial charge in [-0.15, -0.1) is 0 Å². The lowest BCUT2D eigenvalue weighted by atomic mass is 9.81. The molecule has 188 valence electrons. The fourth-order valence-corrected chi connectivity index (χ4v) is 7.94. The SMILES string of the molecule is COc1ccc(C(=O)[C@H](C)N(C(=O)c2ccccc2Cl)N2C(=O)[C@@H]3[C@H]4C[C@@H]([C@H](Br)[C@H]4Br)[C@@H]3C2=O)cc1. The van der Waals surface area contributed by atoms with Crippen molar-refractivity contribution in [1.29, 1.82) is 0 Å². The topological polar surface area (TPSA) is 84.0 Å². The van der Waals surface area contributed by atoms with Gasteiger partial charge in [0.1, 0.15) is 11.8 Å². The van der Waals surface area contributed by atoms with Gasteiger partial charge in [0.25, 0.3) is 17.7 Å². The molecule has 2 aromatic carbocycles. The average Bonchev–Trinajstić information content (AvgIpc) is 3.49. The van der Waals surface area contributed by atoms with Gasteiger partial charge in [-0.1, -0.05) is 55.6 Å². The molecular weight excluding hydrogens is 616 g/mol. The number of nitrogens with zero attached hydrogens (tertiary/aromatic N) is 2. The Hall–Kier alpha value is -2.23. The van der Waals surface area contributed by atoms with Crippen molar-refractivity contribution in [2.75, 3.05) is 7.11 Å². The van der Waals surface area contributed by atoms with Crippen molar-refractivity contribution in [2.45, 2.75) is 29.0 Å². The van der Waals surface area contributed by atoms with Crippen molar-refractivity contribution >= 4 is 67.0 Å². The zero-order chi connectivity index (χ0) is 25.9. The highest BCUT2D eigenvalue weighted by atomic mass is 79.9. The van der Waals surface area contributed by atoms with E-state index in [0.717, 1.165) is 16.4 Å². The number of carbonyl (C=O) groups excluding carboxylic acids is 4. The first-order valence-corrected chi connectivity index (χ1v) is 13.8. The number of ether oxygens (including phenoxy) is 1. The Morgan fingerprint density at radius 1 is 1.00 bits per heavy atom. The standard InChI is InChI=1S/C26H23Br2ClN2O5/c1-12(23(32)13-7-9-14(36-2)10-8-13)30(24(33)15-5-3-4-6-18(15)29)31-25(34)19-16-11-17(20(19)26(31)35)22(28)21(16)27/h3-10,12,16-17,19-22H,11H2,1-2H3/t12-,16+,17+,19-,20+,21-,22-/m0/s1. The van der Waals surface area contributed by atoms with Crippen LogP contribution in [0, 0.1) is 23.7 Å². The predicted octanol–water partition coefficient (Wildman–Crippen LogP) is 4.76. The molecule has 0 unspecified atom stereocenters. The molecule has 3 amide bonds. The summed E-state index contributed by atoms with van der Waals surface area (Å²) in [6.45, 7) is 1.52. The number of Topliss-reactive ketones (excluding diaryl/α,β-unsaturated/α-hetero) is 1. The summed E-state index contributed by atoms with van der Waals surface area (Å²) < 4.78 is 5.17. The fourth-order valence-electron chi connectivity index (χ4n) is 5.85. The van der Waals surface area contributed by atoms with Crippen molar-refractivity contribution in [3.05, 3.63) is 64.7 Å². The zero-order valence-corrected chi connectivity index (χ0v) is 23.4. The van der Waals surface area contributed by atoms with E-state index in [1.807, 2.05) is 0 Å². The lowest BCUT2D eigenvalue weighted by Gasteiger charge is -2.35. The van der Waals surface area contributed by atoms with Crippen LogP contribution in [0.1, 0.15) is 34.1 Å². The van der Waals surface area contributed by atoms with E-state index in [1.54, 1.807) is 42.5 Å². The molecule has 0 radical (unpaired) electrons. The van der Waals surface area contributed by atoms with Crippen LogP contribution in [0.3, 0.4) is 0 Å². The maximum atomic E-state index is 13.9. The van der Waals surface area contributed by atoms with Crippen LogP contribution in [0.2, 0.25) is 5.02 Å². The lowest BCUT2D eigenvalue weighted by molar-refractivity contribution is -0.157. The number of hydrazine groups is 1. The summed E-state index contributed by atoms with van der Waals surface area (Å²) in [5.41, 5.74) is 0.423. The van der Waals surface area contributed by atoms with Gasteiger partial charge < -0.3 is 4.74 Å². The second-order valence-corrected chi connectivity index (χ2v) is 11.9. The molecule has 5 rings (SSSR count). The maximum absolute atomic E-state index is 13.9. The number of fused-ring (bicyclic) bond motifs is 5. The monoisotopic (exact) mass is 636 g/mol. The van der Waals surface area contributed by atoms with Crippen LogP contribution in [-0.2, 0) is 9.59 Å². The molecular formula is C26H23Br2ClN2O5. The number of methoxy groups -OCH3 is 1. The normalized spacial score (nSPS) is 29.3. The number of carbonyl (C=O) groups is 4.